The molecule has 2 aromatic rings. The largest absolute Gasteiger partial charge is 0.336 e. The molecule has 130 valence electrons. The highest BCUT2D eigenvalue weighted by Crippen LogP contribution is 2.48. The molecule has 1 fully saturated rings. The Morgan fingerprint density at radius 2 is 2.00 bits per heavy atom. The van der Waals surface area contributed by atoms with Crippen molar-refractivity contribution < 1.29 is 9.59 Å². The number of rotatable bonds is 5. The molecule has 6 heteroatoms. The molecule has 2 aromatic carbocycles. The third kappa shape index (κ3) is 4.41. The van der Waals surface area contributed by atoms with Gasteiger partial charge >= 0.3 is 0 Å². The molecule has 0 saturated heterocycles. The van der Waals surface area contributed by atoms with Gasteiger partial charge in [-0.05, 0) is 42.2 Å². The third-order valence-electron chi connectivity index (χ3n) is 4.29. The molecule has 0 aromatic heterocycles. The molecular weight excluding hydrogens is 404 g/mol. The van der Waals surface area contributed by atoms with Gasteiger partial charge in [-0.15, -0.1) is 0 Å². The summed E-state index contributed by atoms with van der Waals surface area (Å²) in [6, 6.07) is 15.0. The maximum atomic E-state index is 12.5. The van der Waals surface area contributed by atoms with Crippen molar-refractivity contribution >= 4 is 45.0 Å². The Hall–Kier alpha value is -1.85. The van der Waals surface area contributed by atoms with E-state index in [9.17, 15) is 9.59 Å². The maximum Gasteiger partial charge on any atom is 0.244 e. The van der Waals surface area contributed by atoms with Crippen LogP contribution in [0.15, 0.2) is 53.0 Å². The lowest BCUT2D eigenvalue weighted by Gasteiger charge is -2.17. The molecule has 0 bridgehead atoms. The van der Waals surface area contributed by atoms with Crippen molar-refractivity contribution in [1.82, 2.24) is 4.90 Å². The molecule has 3 rings (SSSR count). The summed E-state index contributed by atoms with van der Waals surface area (Å²) < 4.78 is 1.01. The minimum atomic E-state index is -0.261. The van der Waals surface area contributed by atoms with Crippen molar-refractivity contribution in [3.05, 3.63) is 63.6 Å². The molecule has 0 radical (unpaired) electrons. The van der Waals surface area contributed by atoms with Crippen LogP contribution in [-0.4, -0.2) is 30.3 Å². The lowest BCUT2D eigenvalue weighted by atomic mass is 10.1. The van der Waals surface area contributed by atoms with Crippen LogP contribution in [0.25, 0.3) is 0 Å². The smallest absolute Gasteiger partial charge is 0.244 e. The monoisotopic (exact) mass is 420 g/mol. The van der Waals surface area contributed by atoms with E-state index < -0.39 is 0 Å². The van der Waals surface area contributed by atoms with E-state index in [0.29, 0.717) is 10.7 Å². The van der Waals surface area contributed by atoms with Gasteiger partial charge in [0.1, 0.15) is 0 Å². The number of anilines is 1. The average molecular weight is 422 g/mol. The average Bonchev–Trinajstić information content (AvgIpc) is 3.37. The van der Waals surface area contributed by atoms with Crippen LogP contribution >= 0.6 is 27.5 Å². The zero-order chi connectivity index (χ0) is 18.0. The van der Waals surface area contributed by atoms with E-state index in [1.807, 2.05) is 24.3 Å². The summed E-state index contributed by atoms with van der Waals surface area (Å²) in [6.07, 6.45) is 0.825. The maximum absolute atomic E-state index is 12.5. The van der Waals surface area contributed by atoms with Crippen molar-refractivity contribution in [2.75, 3.05) is 18.9 Å². The van der Waals surface area contributed by atoms with Crippen LogP contribution in [0.4, 0.5) is 5.69 Å². The van der Waals surface area contributed by atoms with Crippen molar-refractivity contribution in [1.29, 1.82) is 0 Å². The second kappa shape index (κ2) is 7.58. The summed E-state index contributed by atoms with van der Waals surface area (Å²) in [4.78, 5) is 26.2. The van der Waals surface area contributed by atoms with Gasteiger partial charge in [-0.25, -0.2) is 0 Å². The predicted octanol–water partition coefficient (Wildman–Crippen LogP) is 4.30. The molecule has 1 aliphatic carbocycles. The van der Waals surface area contributed by atoms with E-state index in [0.717, 1.165) is 16.5 Å². The molecule has 2 unspecified atom stereocenters. The molecular formula is C19H18BrClN2O2. The molecule has 2 amide bonds. The van der Waals surface area contributed by atoms with Gasteiger partial charge in [0.25, 0.3) is 0 Å². The Morgan fingerprint density at radius 1 is 1.24 bits per heavy atom. The molecule has 0 spiro atoms. The SMILES string of the molecule is CN(CC(=O)Nc1ccccc1Cl)C(=O)C1CC1c1cccc(Br)c1. The number of carbonyl (C=O) groups is 2. The standard InChI is InChI=1S/C19H18BrClN2O2/c1-23(11-18(24)22-17-8-3-2-7-16(17)21)19(25)15-10-14(15)12-5-4-6-13(20)9-12/h2-9,14-15H,10-11H2,1H3,(H,22,24). The first-order valence-corrected chi connectivity index (χ1v) is 9.17. The highest BCUT2D eigenvalue weighted by atomic mass is 79.9. The Bertz CT molecular complexity index is 812. The number of para-hydroxylation sites is 1. The number of nitrogens with zero attached hydrogens (tertiary/aromatic N) is 1. The summed E-state index contributed by atoms with van der Waals surface area (Å²) in [5, 5.41) is 3.21. The minimum Gasteiger partial charge on any atom is -0.336 e. The van der Waals surface area contributed by atoms with E-state index >= 15 is 0 Å². The number of hydrogen-bond donors (Lipinski definition) is 1. The van der Waals surface area contributed by atoms with E-state index in [4.69, 9.17) is 11.6 Å². The van der Waals surface area contributed by atoms with Crippen LogP contribution in [0.3, 0.4) is 0 Å². The molecule has 1 N–H and O–H groups in total. The Labute approximate surface area is 160 Å². The zero-order valence-corrected chi connectivity index (χ0v) is 16.0. The van der Waals surface area contributed by atoms with Gasteiger partial charge in [-0.3, -0.25) is 9.59 Å². The van der Waals surface area contributed by atoms with Crippen molar-refractivity contribution in [3.8, 4) is 0 Å². The Morgan fingerprint density at radius 3 is 2.72 bits per heavy atom. The van der Waals surface area contributed by atoms with Gasteiger partial charge in [0.2, 0.25) is 11.8 Å². The van der Waals surface area contributed by atoms with Crippen LogP contribution in [0.1, 0.15) is 17.9 Å². The summed E-state index contributed by atoms with van der Waals surface area (Å²) in [6.45, 7) is 0.00571. The first-order chi connectivity index (χ1) is 12.0. The van der Waals surface area contributed by atoms with Crippen LogP contribution in [-0.2, 0) is 9.59 Å². The first-order valence-electron chi connectivity index (χ1n) is 8.00. The summed E-state index contributed by atoms with van der Waals surface area (Å²) in [5.41, 5.74) is 1.70. The molecule has 1 saturated carbocycles. The summed E-state index contributed by atoms with van der Waals surface area (Å²) >= 11 is 9.48. The Kier molecular flexibility index (Phi) is 5.45. The summed E-state index contributed by atoms with van der Waals surface area (Å²) in [5.74, 6) is -0.0746. The van der Waals surface area contributed by atoms with Crippen molar-refractivity contribution in [2.24, 2.45) is 5.92 Å². The van der Waals surface area contributed by atoms with E-state index in [-0.39, 0.29) is 30.2 Å². The van der Waals surface area contributed by atoms with E-state index in [1.165, 1.54) is 4.90 Å². The second-order valence-electron chi connectivity index (χ2n) is 6.23. The van der Waals surface area contributed by atoms with Gasteiger partial charge in [0.05, 0.1) is 17.3 Å². The number of nitrogens with one attached hydrogen (secondary N) is 1. The number of benzene rings is 2. The van der Waals surface area contributed by atoms with Crippen LogP contribution in [0, 0.1) is 5.92 Å². The molecule has 0 aliphatic heterocycles. The van der Waals surface area contributed by atoms with Crippen molar-refractivity contribution in [3.63, 3.8) is 0 Å². The summed E-state index contributed by atoms with van der Waals surface area (Å²) in [7, 11) is 1.66. The zero-order valence-electron chi connectivity index (χ0n) is 13.7. The van der Waals surface area contributed by atoms with Gasteiger partial charge in [0.15, 0.2) is 0 Å². The molecule has 25 heavy (non-hydrogen) atoms. The number of likely N-dealkylation sites (N-methyl/N-ethyl adjacent to an activating group) is 1. The topological polar surface area (TPSA) is 49.4 Å². The molecule has 2 atom stereocenters. The number of halogens is 2. The quantitative estimate of drug-likeness (QED) is 0.782. The normalized spacial score (nSPS) is 18.5. The number of hydrogen-bond acceptors (Lipinski definition) is 2. The Balaban J connectivity index is 1.55. The van der Waals surface area contributed by atoms with Gasteiger partial charge < -0.3 is 10.2 Å². The van der Waals surface area contributed by atoms with Gasteiger partial charge in [-0.2, -0.15) is 0 Å². The fraction of sp³-hybridized carbons (Fsp3) is 0.263. The highest BCUT2D eigenvalue weighted by Gasteiger charge is 2.45. The van der Waals surface area contributed by atoms with Gasteiger partial charge in [-0.1, -0.05) is 51.8 Å². The lowest BCUT2D eigenvalue weighted by Crippen LogP contribution is -2.36. The number of carbonyl (C=O) groups excluding carboxylic acids is 2. The molecule has 4 nitrogen and oxygen atoms in total. The third-order valence-corrected chi connectivity index (χ3v) is 5.11. The van der Waals surface area contributed by atoms with Crippen LogP contribution in [0.5, 0.6) is 0 Å². The van der Waals surface area contributed by atoms with E-state index in [2.05, 4.69) is 21.2 Å². The first kappa shape index (κ1) is 18.0. The minimum absolute atomic E-state index is 0.000663. The second-order valence-corrected chi connectivity index (χ2v) is 7.55. The molecule has 0 heterocycles. The van der Waals surface area contributed by atoms with E-state index in [1.54, 1.807) is 31.3 Å². The fourth-order valence-electron chi connectivity index (χ4n) is 2.90. The fourth-order valence-corrected chi connectivity index (χ4v) is 3.50. The highest BCUT2D eigenvalue weighted by molar-refractivity contribution is 9.10. The van der Waals surface area contributed by atoms with Crippen LogP contribution in [0.2, 0.25) is 5.02 Å². The number of amides is 2. The molecule has 1 aliphatic rings. The predicted molar refractivity (Wildman–Crippen MR) is 103 cm³/mol. The van der Waals surface area contributed by atoms with Gasteiger partial charge in [0, 0.05) is 17.4 Å². The van der Waals surface area contributed by atoms with Crippen molar-refractivity contribution in [2.45, 2.75) is 12.3 Å². The lowest BCUT2D eigenvalue weighted by molar-refractivity contribution is -0.134. The van der Waals surface area contributed by atoms with Crippen LogP contribution < -0.4 is 5.32 Å².